The van der Waals surface area contributed by atoms with Crippen LogP contribution in [-0.4, -0.2) is 68.8 Å². The third-order valence-electron chi connectivity index (χ3n) is 5.01. The monoisotopic (exact) mass is 366 g/mol. The Bertz CT molecular complexity index is 983. The molecule has 1 aliphatic rings. The van der Waals surface area contributed by atoms with Crippen molar-refractivity contribution >= 4 is 22.7 Å². The molecule has 1 fully saturated rings. The summed E-state index contributed by atoms with van der Waals surface area (Å²) in [6, 6.07) is 8.19. The SMILES string of the molecule is CN(C)C(=O)c1cn(C2CN(C(=O)CCc3c[nH]c4ccccc34)C2)nn1. The highest BCUT2D eigenvalue weighted by molar-refractivity contribution is 5.91. The number of nitrogens with zero attached hydrogens (tertiary/aromatic N) is 5. The Morgan fingerprint density at radius 3 is 2.81 bits per heavy atom. The molecule has 0 saturated carbocycles. The predicted octanol–water partition coefficient (Wildman–Crippen LogP) is 1.48. The molecule has 1 saturated heterocycles. The first-order chi connectivity index (χ1) is 13.0. The highest BCUT2D eigenvalue weighted by Crippen LogP contribution is 2.23. The minimum atomic E-state index is -0.174. The number of carbonyl (C=O) groups is 2. The summed E-state index contributed by atoms with van der Waals surface area (Å²) in [5.41, 5.74) is 2.58. The van der Waals surface area contributed by atoms with Crippen LogP contribution in [0.2, 0.25) is 0 Å². The van der Waals surface area contributed by atoms with Crippen molar-refractivity contribution in [2.75, 3.05) is 27.2 Å². The number of H-pyrrole nitrogens is 1. The van der Waals surface area contributed by atoms with Gasteiger partial charge in [-0.1, -0.05) is 23.4 Å². The van der Waals surface area contributed by atoms with Gasteiger partial charge in [-0.2, -0.15) is 0 Å². The van der Waals surface area contributed by atoms with Crippen molar-refractivity contribution in [3.8, 4) is 0 Å². The predicted molar refractivity (Wildman–Crippen MR) is 100 cm³/mol. The average molecular weight is 366 g/mol. The molecule has 8 heteroatoms. The highest BCUT2D eigenvalue weighted by Gasteiger charge is 2.33. The van der Waals surface area contributed by atoms with Crippen LogP contribution in [0.15, 0.2) is 36.7 Å². The van der Waals surface area contributed by atoms with E-state index in [1.54, 1.807) is 25.0 Å². The van der Waals surface area contributed by atoms with E-state index in [0.29, 0.717) is 25.2 Å². The van der Waals surface area contributed by atoms with Crippen LogP contribution in [-0.2, 0) is 11.2 Å². The second-order valence-corrected chi connectivity index (χ2v) is 7.10. The van der Waals surface area contributed by atoms with Crippen molar-refractivity contribution in [1.29, 1.82) is 0 Å². The lowest BCUT2D eigenvalue weighted by Crippen LogP contribution is -2.51. The van der Waals surface area contributed by atoms with Gasteiger partial charge in [-0.25, -0.2) is 4.68 Å². The molecule has 0 spiro atoms. The van der Waals surface area contributed by atoms with E-state index in [-0.39, 0.29) is 17.9 Å². The minimum Gasteiger partial charge on any atom is -0.361 e. The Morgan fingerprint density at radius 1 is 1.26 bits per heavy atom. The third-order valence-corrected chi connectivity index (χ3v) is 5.01. The molecule has 0 bridgehead atoms. The number of hydrogen-bond acceptors (Lipinski definition) is 4. The summed E-state index contributed by atoms with van der Waals surface area (Å²) in [6.45, 7) is 1.21. The number of fused-ring (bicyclic) bond motifs is 1. The summed E-state index contributed by atoms with van der Waals surface area (Å²) < 4.78 is 1.68. The Morgan fingerprint density at radius 2 is 2.04 bits per heavy atom. The van der Waals surface area contributed by atoms with Crippen molar-refractivity contribution in [2.45, 2.75) is 18.9 Å². The number of rotatable bonds is 5. The number of likely N-dealkylation sites (tertiary alicyclic amines) is 1. The topological polar surface area (TPSA) is 87.1 Å². The van der Waals surface area contributed by atoms with E-state index in [1.165, 1.54) is 15.8 Å². The lowest BCUT2D eigenvalue weighted by Gasteiger charge is -2.38. The van der Waals surface area contributed by atoms with Crippen LogP contribution in [0, 0.1) is 0 Å². The molecular formula is C19H22N6O2. The zero-order valence-corrected chi connectivity index (χ0v) is 15.4. The van der Waals surface area contributed by atoms with Gasteiger partial charge in [0.25, 0.3) is 5.91 Å². The van der Waals surface area contributed by atoms with Gasteiger partial charge in [-0.3, -0.25) is 9.59 Å². The second-order valence-electron chi connectivity index (χ2n) is 7.10. The smallest absolute Gasteiger partial charge is 0.275 e. The summed E-state index contributed by atoms with van der Waals surface area (Å²) in [5.74, 6) is -0.0338. The van der Waals surface area contributed by atoms with Crippen molar-refractivity contribution in [3.63, 3.8) is 0 Å². The summed E-state index contributed by atoms with van der Waals surface area (Å²) in [5, 5.41) is 9.13. The molecule has 8 nitrogen and oxygen atoms in total. The number of hydrogen-bond donors (Lipinski definition) is 1. The number of benzene rings is 1. The number of aromatic nitrogens is 4. The van der Waals surface area contributed by atoms with Gasteiger partial charge in [0.1, 0.15) is 0 Å². The fourth-order valence-electron chi connectivity index (χ4n) is 3.35. The molecule has 4 rings (SSSR count). The molecule has 3 aromatic rings. The van der Waals surface area contributed by atoms with Crippen molar-refractivity contribution in [2.24, 2.45) is 0 Å². The van der Waals surface area contributed by atoms with E-state index in [4.69, 9.17) is 0 Å². The van der Waals surface area contributed by atoms with Crippen molar-refractivity contribution < 1.29 is 9.59 Å². The lowest BCUT2D eigenvalue weighted by atomic mass is 10.1. The number of aryl methyl sites for hydroxylation is 1. The molecule has 0 unspecified atom stereocenters. The van der Waals surface area contributed by atoms with Crippen molar-refractivity contribution in [1.82, 2.24) is 29.8 Å². The maximum Gasteiger partial charge on any atom is 0.275 e. The van der Waals surface area contributed by atoms with E-state index in [2.05, 4.69) is 21.4 Å². The fraction of sp³-hybridized carbons (Fsp3) is 0.368. The van der Waals surface area contributed by atoms with Gasteiger partial charge in [0.05, 0.1) is 12.2 Å². The number of para-hydroxylation sites is 1. The number of aromatic amines is 1. The maximum atomic E-state index is 12.4. The van der Waals surface area contributed by atoms with Gasteiger partial charge in [-0.05, 0) is 18.1 Å². The minimum absolute atomic E-state index is 0.0817. The molecule has 0 aliphatic carbocycles. The Balaban J connectivity index is 1.30. The molecule has 2 aromatic heterocycles. The first-order valence-corrected chi connectivity index (χ1v) is 8.99. The van der Waals surface area contributed by atoms with Gasteiger partial charge in [0.2, 0.25) is 5.91 Å². The number of amides is 2. The molecule has 140 valence electrons. The van der Waals surface area contributed by atoms with Gasteiger partial charge in [-0.15, -0.1) is 5.10 Å². The highest BCUT2D eigenvalue weighted by atomic mass is 16.2. The molecule has 0 radical (unpaired) electrons. The largest absolute Gasteiger partial charge is 0.361 e. The quantitative estimate of drug-likeness (QED) is 0.741. The summed E-state index contributed by atoms with van der Waals surface area (Å²) in [4.78, 5) is 30.9. The van der Waals surface area contributed by atoms with Crippen LogP contribution in [0.4, 0.5) is 0 Å². The second kappa shape index (κ2) is 6.86. The van der Waals surface area contributed by atoms with Crippen LogP contribution < -0.4 is 0 Å². The molecule has 1 aliphatic heterocycles. The van der Waals surface area contributed by atoms with Gasteiger partial charge >= 0.3 is 0 Å². The van der Waals surface area contributed by atoms with Gasteiger partial charge in [0, 0.05) is 50.7 Å². The zero-order chi connectivity index (χ0) is 19.0. The normalized spacial score (nSPS) is 14.4. The van der Waals surface area contributed by atoms with Crippen LogP contribution in [0.1, 0.15) is 28.5 Å². The van der Waals surface area contributed by atoms with E-state index < -0.39 is 0 Å². The van der Waals surface area contributed by atoms with Crippen LogP contribution in [0.25, 0.3) is 10.9 Å². The van der Waals surface area contributed by atoms with Gasteiger partial charge in [0.15, 0.2) is 5.69 Å². The van der Waals surface area contributed by atoms with Crippen LogP contribution in [0.3, 0.4) is 0 Å². The number of nitrogens with one attached hydrogen (secondary N) is 1. The Labute approximate surface area is 156 Å². The van der Waals surface area contributed by atoms with E-state index >= 15 is 0 Å². The molecule has 1 aromatic carbocycles. The van der Waals surface area contributed by atoms with E-state index in [1.807, 2.05) is 29.3 Å². The summed E-state index contributed by atoms with van der Waals surface area (Å²) >= 11 is 0. The molecule has 27 heavy (non-hydrogen) atoms. The lowest BCUT2D eigenvalue weighted by molar-refractivity contribution is -0.137. The van der Waals surface area contributed by atoms with Gasteiger partial charge < -0.3 is 14.8 Å². The third kappa shape index (κ3) is 3.30. The molecule has 3 heterocycles. The maximum absolute atomic E-state index is 12.4. The first kappa shape index (κ1) is 17.3. The molecular weight excluding hydrogens is 344 g/mol. The van der Waals surface area contributed by atoms with Crippen molar-refractivity contribution in [3.05, 3.63) is 47.9 Å². The Kier molecular flexibility index (Phi) is 4.39. The molecule has 2 amide bonds. The molecule has 1 N–H and O–H groups in total. The number of carbonyl (C=O) groups excluding carboxylic acids is 2. The van der Waals surface area contributed by atoms with Crippen LogP contribution >= 0.6 is 0 Å². The summed E-state index contributed by atoms with van der Waals surface area (Å²) in [7, 11) is 3.36. The standard InChI is InChI=1S/C19H22N6O2/c1-23(2)19(27)17-12-25(22-21-17)14-10-24(11-14)18(26)8-7-13-9-20-16-6-4-3-5-15(13)16/h3-6,9,12,14,20H,7-8,10-11H2,1-2H3. The fourth-order valence-corrected chi connectivity index (χ4v) is 3.35. The Hall–Kier alpha value is -3.16. The summed E-state index contributed by atoms with van der Waals surface area (Å²) in [6.07, 6.45) is 4.83. The zero-order valence-electron chi connectivity index (χ0n) is 15.4. The van der Waals surface area contributed by atoms with E-state index in [9.17, 15) is 9.59 Å². The van der Waals surface area contributed by atoms with E-state index in [0.717, 1.165) is 11.9 Å². The first-order valence-electron chi connectivity index (χ1n) is 8.99. The molecule has 0 atom stereocenters. The van der Waals surface area contributed by atoms with Crippen LogP contribution in [0.5, 0.6) is 0 Å². The average Bonchev–Trinajstić information content (AvgIpc) is 3.25.